The molecule has 0 radical (unpaired) electrons. The molecule has 0 aliphatic heterocycles. The highest BCUT2D eigenvalue weighted by molar-refractivity contribution is 7.20. The Bertz CT molecular complexity index is 892. The van der Waals surface area contributed by atoms with E-state index in [1.54, 1.807) is 17.8 Å². The molecule has 0 aromatic carbocycles. The molecule has 3 rings (SSSR count). The van der Waals surface area contributed by atoms with E-state index in [4.69, 9.17) is 0 Å². The number of nitrogens with one attached hydrogen (secondary N) is 1. The molecular weight excluding hydrogens is 331 g/mol. The van der Waals surface area contributed by atoms with Gasteiger partial charge >= 0.3 is 5.69 Å². The summed E-state index contributed by atoms with van der Waals surface area (Å²) in [5.41, 5.74) is 3.05. The Balaban J connectivity index is 2.24. The monoisotopic (exact) mass is 352 g/mol. The molecule has 2 aromatic rings. The number of aromatic nitrogens is 2. The lowest BCUT2D eigenvalue weighted by molar-refractivity contribution is 0.443. The van der Waals surface area contributed by atoms with Gasteiger partial charge in [0.05, 0.1) is 23.2 Å². The summed E-state index contributed by atoms with van der Waals surface area (Å²) in [4.78, 5) is 27.2. The van der Waals surface area contributed by atoms with Gasteiger partial charge in [0.2, 0.25) is 0 Å². The Hall–Kier alpha value is -1.96. The van der Waals surface area contributed by atoms with Gasteiger partial charge in [-0.05, 0) is 38.2 Å². The van der Waals surface area contributed by atoms with Crippen LogP contribution in [0.15, 0.2) is 14.7 Å². The van der Waals surface area contributed by atoms with Gasteiger partial charge in [0.15, 0.2) is 0 Å². The first-order valence-corrected chi connectivity index (χ1v) is 8.96. The van der Waals surface area contributed by atoms with E-state index in [2.05, 4.69) is 10.5 Å². The number of rotatable bonds is 7. The molecule has 0 bridgehead atoms. The van der Waals surface area contributed by atoms with E-state index in [-0.39, 0.29) is 17.3 Å². The van der Waals surface area contributed by atoms with Gasteiger partial charge in [0.25, 0.3) is 5.56 Å². The van der Waals surface area contributed by atoms with Crippen LogP contribution in [0.4, 0.5) is 4.39 Å². The highest BCUT2D eigenvalue weighted by Crippen LogP contribution is 2.34. The van der Waals surface area contributed by atoms with Crippen LogP contribution in [0.3, 0.4) is 0 Å². The van der Waals surface area contributed by atoms with Gasteiger partial charge in [-0.3, -0.25) is 18.3 Å². The fraction of sp³-hybridized carbons (Fsp3) is 0.562. The Labute approximate surface area is 142 Å². The third kappa shape index (κ3) is 2.90. The molecule has 24 heavy (non-hydrogen) atoms. The molecular formula is C16H21FN4O2S. The normalized spacial score (nSPS) is 14.8. The van der Waals surface area contributed by atoms with Gasteiger partial charge in [0.1, 0.15) is 4.83 Å². The number of halogens is 1. The molecule has 6 nitrogen and oxygen atoms in total. The van der Waals surface area contributed by atoms with Crippen LogP contribution in [-0.4, -0.2) is 29.1 Å². The van der Waals surface area contributed by atoms with Crippen LogP contribution < -0.4 is 16.7 Å². The zero-order valence-electron chi connectivity index (χ0n) is 13.8. The molecule has 1 saturated carbocycles. The molecule has 0 atom stereocenters. The molecule has 1 aliphatic rings. The quantitative estimate of drug-likeness (QED) is 0.472. The van der Waals surface area contributed by atoms with E-state index < -0.39 is 6.67 Å². The van der Waals surface area contributed by atoms with Crippen molar-refractivity contribution in [1.29, 1.82) is 0 Å². The average molecular weight is 352 g/mol. The average Bonchev–Trinajstić information content (AvgIpc) is 3.33. The second-order valence-electron chi connectivity index (χ2n) is 5.99. The van der Waals surface area contributed by atoms with Crippen molar-refractivity contribution in [3.05, 3.63) is 31.3 Å². The van der Waals surface area contributed by atoms with E-state index in [1.165, 1.54) is 15.9 Å². The first-order chi connectivity index (χ1) is 11.6. The number of alkyl halides is 1. The molecule has 0 amide bonds. The van der Waals surface area contributed by atoms with Crippen molar-refractivity contribution in [1.82, 2.24) is 14.6 Å². The van der Waals surface area contributed by atoms with E-state index in [0.717, 1.165) is 23.3 Å². The van der Waals surface area contributed by atoms with Crippen molar-refractivity contribution < 1.29 is 4.39 Å². The van der Waals surface area contributed by atoms with Crippen molar-refractivity contribution >= 4 is 27.8 Å². The summed E-state index contributed by atoms with van der Waals surface area (Å²) >= 11 is 1.38. The first-order valence-electron chi connectivity index (χ1n) is 8.14. The predicted molar refractivity (Wildman–Crippen MR) is 95.2 cm³/mol. The lowest BCUT2D eigenvalue weighted by atomic mass is 10.2. The molecule has 0 saturated heterocycles. The van der Waals surface area contributed by atoms with Crippen molar-refractivity contribution in [3.63, 3.8) is 0 Å². The minimum absolute atomic E-state index is 0.00977. The van der Waals surface area contributed by atoms with E-state index in [9.17, 15) is 14.0 Å². The topological polar surface area (TPSA) is 68.4 Å². The van der Waals surface area contributed by atoms with Gasteiger partial charge in [0, 0.05) is 19.6 Å². The summed E-state index contributed by atoms with van der Waals surface area (Å²) in [6.45, 7) is 1.91. The smallest absolute Gasteiger partial charge is 0.313 e. The summed E-state index contributed by atoms with van der Waals surface area (Å²) in [7, 11) is 1.70. The third-order valence-electron chi connectivity index (χ3n) is 4.27. The first kappa shape index (κ1) is 16.9. The number of thiophene rings is 1. The zero-order chi connectivity index (χ0) is 17.3. The standard InChI is InChI=1S/C16H21FN4O2S/c1-10-12(9-19-18-2)24-15-13(10)14(22)21(11-5-6-11)16(23)20(15)8-4-3-7-17/h9,11,18H,3-8H2,1-2H3/b19-9+. The fourth-order valence-corrected chi connectivity index (χ4v) is 4.04. The van der Waals surface area contributed by atoms with Crippen molar-refractivity contribution in [2.24, 2.45) is 5.10 Å². The highest BCUT2D eigenvalue weighted by atomic mass is 32.1. The van der Waals surface area contributed by atoms with Gasteiger partial charge in [-0.15, -0.1) is 11.3 Å². The molecule has 8 heteroatoms. The summed E-state index contributed by atoms with van der Waals surface area (Å²) in [6, 6.07) is 0.00977. The van der Waals surface area contributed by atoms with Crippen LogP contribution in [0.2, 0.25) is 0 Å². The van der Waals surface area contributed by atoms with Crippen LogP contribution in [0, 0.1) is 6.92 Å². The minimum Gasteiger partial charge on any atom is -0.313 e. The number of aryl methyl sites for hydroxylation is 2. The van der Waals surface area contributed by atoms with Crippen LogP contribution >= 0.6 is 11.3 Å². The Morgan fingerprint density at radius 3 is 2.75 bits per heavy atom. The highest BCUT2D eigenvalue weighted by Gasteiger charge is 2.30. The number of nitrogens with zero attached hydrogens (tertiary/aromatic N) is 3. The summed E-state index contributed by atoms with van der Waals surface area (Å²) in [5, 5.41) is 4.60. The number of fused-ring (bicyclic) bond motifs is 1. The second kappa shape index (κ2) is 6.88. The third-order valence-corrected chi connectivity index (χ3v) is 5.52. The number of unbranched alkanes of at least 4 members (excludes halogenated alkanes) is 1. The number of hydrogen-bond acceptors (Lipinski definition) is 5. The summed E-state index contributed by atoms with van der Waals surface area (Å²) in [6.07, 6.45) is 4.38. The Morgan fingerprint density at radius 2 is 2.12 bits per heavy atom. The van der Waals surface area contributed by atoms with Crippen molar-refractivity contribution in [2.75, 3.05) is 13.7 Å². The summed E-state index contributed by atoms with van der Waals surface area (Å²) in [5.74, 6) is 0. The molecule has 0 spiro atoms. The Morgan fingerprint density at radius 1 is 1.38 bits per heavy atom. The van der Waals surface area contributed by atoms with Gasteiger partial charge in [-0.25, -0.2) is 4.79 Å². The predicted octanol–water partition coefficient (Wildman–Crippen LogP) is 2.17. The maximum atomic E-state index is 12.9. The number of hydrazone groups is 1. The fourth-order valence-electron chi connectivity index (χ4n) is 2.84. The van der Waals surface area contributed by atoms with E-state index >= 15 is 0 Å². The lowest BCUT2D eigenvalue weighted by Crippen LogP contribution is -2.39. The zero-order valence-corrected chi connectivity index (χ0v) is 14.7. The van der Waals surface area contributed by atoms with Crippen molar-refractivity contribution in [3.8, 4) is 0 Å². The van der Waals surface area contributed by atoms with Gasteiger partial charge in [-0.1, -0.05) is 0 Å². The van der Waals surface area contributed by atoms with Crippen LogP contribution in [0.25, 0.3) is 10.2 Å². The van der Waals surface area contributed by atoms with Crippen LogP contribution in [0.5, 0.6) is 0 Å². The van der Waals surface area contributed by atoms with Gasteiger partial charge in [-0.2, -0.15) is 5.10 Å². The molecule has 130 valence electrons. The SMILES string of the molecule is CN/N=C/c1sc2c(c1C)c(=O)n(C1CC1)c(=O)n2CCCCF. The maximum absolute atomic E-state index is 12.9. The molecule has 1 aliphatic carbocycles. The summed E-state index contributed by atoms with van der Waals surface area (Å²) < 4.78 is 15.5. The van der Waals surface area contributed by atoms with Gasteiger partial charge < -0.3 is 5.43 Å². The lowest BCUT2D eigenvalue weighted by Gasteiger charge is -2.11. The molecule has 0 unspecified atom stereocenters. The number of hydrogen-bond donors (Lipinski definition) is 1. The van der Waals surface area contributed by atoms with E-state index in [1.807, 2.05) is 6.92 Å². The van der Waals surface area contributed by atoms with E-state index in [0.29, 0.717) is 29.6 Å². The maximum Gasteiger partial charge on any atom is 0.332 e. The molecule has 2 heterocycles. The molecule has 1 N–H and O–H groups in total. The van der Waals surface area contributed by atoms with Crippen LogP contribution in [0.1, 0.15) is 42.2 Å². The second-order valence-corrected chi connectivity index (χ2v) is 7.02. The van der Waals surface area contributed by atoms with Crippen LogP contribution in [-0.2, 0) is 6.54 Å². The molecule has 1 fully saturated rings. The van der Waals surface area contributed by atoms with Crippen molar-refractivity contribution in [2.45, 2.75) is 45.2 Å². The molecule has 2 aromatic heterocycles. The Kier molecular flexibility index (Phi) is 4.84. The largest absolute Gasteiger partial charge is 0.332 e. The minimum atomic E-state index is -0.399.